The maximum Gasteiger partial charge on any atom is 0.531 e. The van der Waals surface area contributed by atoms with Crippen LogP contribution in [0.15, 0.2) is 33.5 Å². The van der Waals surface area contributed by atoms with Gasteiger partial charge in [0.1, 0.15) is 0 Å². The second-order valence-corrected chi connectivity index (χ2v) is 7.37. The summed E-state index contributed by atoms with van der Waals surface area (Å²) in [6.07, 6.45) is 0. The number of hydrogen-bond donors (Lipinski definition) is 0. The maximum atomic E-state index is 12.7. The lowest BCUT2D eigenvalue weighted by molar-refractivity contribution is 0.0810. The number of rotatable bonds is 7. The van der Waals surface area contributed by atoms with Gasteiger partial charge in [-0.1, -0.05) is 5.22 Å². The Kier molecular flexibility index (Phi) is 7.06. The van der Waals surface area contributed by atoms with Crippen LogP contribution < -0.4 is 0 Å². The molecule has 0 saturated carbocycles. The second-order valence-electron chi connectivity index (χ2n) is 5.78. The zero-order valence-corrected chi connectivity index (χ0v) is 17.0. The Morgan fingerprint density at radius 1 is 1.26 bits per heavy atom. The number of phosphoric acid groups is 1. The number of benzene rings is 1. The van der Waals surface area contributed by atoms with Gasteiger partial charge in [0.2, 0.25) is 5.90 Å². The Bertz CT molecular complexity index is 785. The zero-order chi connectivity index (χ0) is 20.0. The standard InChI is InChI=1S/C16H24N5O5P/c1-6-24-27(23,25-7-2)26-15-11-21(5)16(22)13-10-12(18-19-20(3)4)8-9-14(13)17-15/h8-10H,6-7,11H2,1-5H3. The van der Waals surface area contributed by atoms with Gasteiger partial charge >= 0.3 is 7.82 Å². The zero-order valence-electron chi connectivity index (χ0n) is 16.1. The maximum absolute atomic E-state index is 12.7. The predicted octanol–water partition coefficient (Wildman–Crippen LogP) is 3.56. The van der Waals surface area contributed by atoms with Crippen LogP contribution in [0.25, 0.3) is 0 Å². The Morgan fingerprint density at radius 2 is 1.93 bits per heavy atom. The van der Waals surface area contributed by atoms with Crippen molar-refractivity contribution in [1.29, 1.82) is 0 Å². The third-order valence-electron chi connectivity index (χ3n) is 3.31. The summed E-state index contributed by atoms with van der Waals surface area (Å²) in [5, 5.41) is 9.51. The molecule has 0 aliphatic carbocycles. The van der Waals surface area contributed by atoms with Crippen molar-refractivity contribution < 1.29 is 22.9 Å². The highest BCUT2D eigenvalue weighted by Crippen LogP contribution is 2.50. The minimum absolute atomic E-state index is 0.0200. The number of phosphoric ester groups is 1. The van der Waals surface area contributed by atoms with Crippen molar-refractivity contribution in [2.24, 2.45) is 15.3 Å². The molecule has 1 heterocycles. The van der Waals surface area contributed by atoms with Crippen molar-refractivity contribution in [2.45, 2.75) is 13.8 Å². The summed E-state index contributed by atoms with van der Waals surface area (Å²) >= 11 is 0. The predicted molar refractivity (Wildman–Crippen MR) is 101 cm³/mol. The Hall–Kier alpha value is -2.29. The summed E-state index contributed by atoms with van der Waals surface area (Å²) in [4.78, 5) is 18.4. The minimum atomic E-state index is -3.80. The molecule has 0 N–H and O–H groups in total. The molecule has 1 aliphatic rings. The van der Waals surface area contributed by atoms with E-state index in [-0.39, 0.29) is 31.6 Å². The van der Waals surface area contributed by atoms with E-state index >= 15 is 0 Å². The van der Waals surface area contributed by atoms with Crippen LogP contribution in [0.3, 0.4) is 0 Å². The van der Waals surface area contributed by atoms with Gasteiger partial charge in [-0.15, -0.1) is 5.11 Å². The van der Waals surface area contributed by atoms with Crippen LogP contribution in [0.1, 0.15) is 24.2 Å². The van der Waals surface area contributed by atoms with E-state index in [1.807, 2.05) is 0 Å². The van der Waals surface area contributed by atoms with E-state index in [4.69, 9.17) is 13.6 Å². The van der Waals surface area contributed by atoms with Crippen LogP contribution in [0.5, 0.6) is 0 Å². The van der Waals surface area contributed by atoms with Crippen LogP contribution in [0.4, 0.5) is 11.4 Å². The molecule has 2 rings (SSSR count). The van der Waals surface area contributed by atoms with Crippen LogP contribution in [-0.4, -0.2) is 62.6 Å². The van der Waals surface area contributed by atoms with E-state index in [2.05, 4.69) is 15.3 Å². The highest BCUT2D eigenvalue weighted by atomic mass is 31.2. The van der Waals surface area contributed by atoms with Crippen molar-refractivity contribution in [2.75, 3.05) is 40.9 Å². The first-order chi connectivity index (χ1) is 12.8. The SMILES string of the molecule is CCOP(=O)(OCC)OC1=Nc2ccc(N=NN(C)C)cc2C(=O)N(C)C1. The van der Waals surface area contributed by atoms with E-state index < -0.39 is 7.82 Å². The van der Waals surface area contributed by atoms with E-state index in [9.17, 15) is 9.36 Å². The number of carbonyl (C=O) groups excluding carboxylic acids is 1. The summed E-state index contributed by atoms with van der Waals surface area (Å²) in [7, 11) is 1.28. The highest BCUT2D eigenvalue weighted by Gasteiger charge is 2.32. The lowest BCUT2D eigenvalue weighted by Crippen LogP contribution is -2.31. The van der Waals surface area contributed by atoms with E-state index in [0.29, 0.717) is 16.9 Å². The number of fused-ring (bicyclic) bond motifs is 1. The molecule has 148 valence electrons. The molecule has 1 aliphatic heterocycles. The summed E-state index contributed by atoms with van der Waals surface area (Å²) in [6, 6.07) is 4.90. The smallest absolute Gasteiger partial charge is 0.388 e. The van der Waals surface area contributed by atoms with E-state index in [0.717, 1.165) is 0 Å². The molecule has 11 heteroatoms. The van der Waals surface area contributed by atoms with Crippen molar-refractivity contribution in [1.82, 2.24) is 9.91 Å². The van der Waals surface area contributed by atoms with Crippen molar-refractivity contribution >= 4 is 31.0 Å². The van der Waals surface area contributed by atoms with E-state index in [1.54, 1.807) is 58.2 Å². The van der Waals surface area contributed by atoms with Crippen molar-refractivity contribution in [3.05, 3.63) is 23.8 Å². The average Bonchev–Trinajstić information content (AvgIpc) is 2.70. The molecule has 0 saturated heterocycles. The highest BCUT2D eigenvalue weighted by molar-refractivity contribution is 7.49. The molecule has 1 aromatic rings. The van der Waals surface area contributed by atoms with Gasteiger partial charge in [0, 0.05) is 21.1 Å². The Morgan fingerprint density at radius 3 is 2.52 bits per heavy atom. The van der Waals surface area contributed by atoms with Gasteiger partial charge in [0.05, 0.1) is 36.7 Å². The van der Waals surface area contributed by atoms with Crippen LogP contribution in [0.2, 0.25) is 0 Å². The summed E-state index contributed by atoms with van der Waals surface area (Å²) in [5.41, 5.74) is 1.23. The third-order valence-corrected chi connectivity index (χ3v) is 4.89. The topological polar surface area (TPSA) is 105 Å². The number of carbonyl (C=O) groups is 1. The molecule has 0 bridgehead atoms. The van der Waals surface area contributed by atoms with E-state index in [1.165, 1.54) is 4.90 Å². The number of aliphatic imine (C=N–C) groups is 1. The molecule has 0 aromatic heterocycles. The van der Waals surface area contributed by atoms with Gasteiger partial charge in [-0.25, -0.2) is 9.56 Å². The first-order valence-corrected chi connectivity index (χ1v) is 9.88. The van der Waals surface area contributed by atoms with Gasteiger partial charge in [0.25, 0.3) is 5.91 Å². The van der Waals surface area contributed by atoms with Gasteiger partial charge in [-0.05, 0) is 32.0 Å². The average molecular weight is 397 g/mol. The second kappa shape index (κ2) is 9.07. The first-order valence-electron chi connectivity index (χ1n) is 8.42. The minimum Gasteiger partial charge on any atom is -0.388 e. The summed E-state index contributed by atoms with van der Waals surface area (Å²) in [6.45, 7) is 3.68. The lowest BCUT2D eigenvalue weighted by Gasteiger charge is -2.20. The quantitative estimate of drug-likeness (QED) is 0.396. The molecular formula is C16H24N5O5P. The molecule has 0 spiro atoms. The molecule has 1 aromatic carbocycles. The normalized spacial score (nSPS) is 14.8. The largest absolute Gasteiger partial charge is 0.531 e. The fourth-order valence-electron chi connectivity index (χ4n) is 2.23. The van der Waals surface area contributed by atoms with Gasteiger partial charge in [-0.3, -0.25) is 18.9 Å². The Balaban J connectivity index is 2.38. The molecule has 0 unspecified atom stereocenters. The monoisotopic (exact) mass is 397 g/mol. The fraction of sp³-hybridized carbons (Fsp3) is 0.500. The first kappa shape index (κ1) is 21.0. The molecular weight excluding hydrogens is 373 g/mol. The number of hydrogen-bond acceptors (Lipinski definition) is 8. The Labute approximate surface area is 158 Å². The number of likely N-dealkylation sites (N-methyl/N-ethyl adjacent to an activating group) is 1. The molecule has 27 heavy (non-hydrogen) atoms. The van der Waals surface area contributed by atoms with Gasteiger partial charge in [-0.2, -0.15) is 0 Å². The molecule has 10 nitrogen and oxygen atoms in total. The summed E-state index contributed by atoms with van der Waals surface area (Å²) < 4.78 is 28.3. The van der Waals surface area contributed by atoms with Crippen LogP contribution >= 0.6 is 7.82 Å². The van der Waals surface area contributed by atoms with Crippen molar-refractivity contribution in [3.63, 3.8) is 0 Å². The van der Waals surface area contributed by atoms with Gasteiger partial charge in [0.15, 0.2) is 0 Å². The molecule has 0 radical (unpaired) electrons. The molecule has 0 atom stereocenters. The number of nitrogens with zero attached hydrogens (tertiary/aromatic N) is 5. The fourth-order valence-corrected chi connectivity index (χ4v) is 3.40. The summed E-state index contributed by atoms with van der Waals surface area (Å²) in [5.74, 6) is -0.200. The third kappa shape index (κ3) is 5.59. The van der Waals surface area contributed by atoms with Gasteiger partial charge < -0.3 is 9.42 Å². The number of amides is 1. The van der Waals surface area contributed by atoms with Crippen LogP contribution in [0, 0.1) is 0 Å². The van der Waals surface area contributed by atoms with Crippen LogP contribution in [-0.2, 0) is 18.1 Å². The van der Waals surface area contributed by atoms with Crippen molar-refractivity contribution in [3.8, 4) is 0 Å². The lowest BCUT2D eigenvalue weighted by atomic mass is 10.1. The molecule has 1 amide bonds. The molecule has 0 fully saturated rings.